The third-order valence-corrected chi connectivity index (χ3v) is 24.3. The first-order valence-electron chi connectivity index (χ1n) is 39.2. The van der Waals surface area contributed by atoms with Gasteiger partial charge in [-0.25, -0.2) is 9.59 Å². The second kappa shape index (κ2) is 37.5. The van der Waals surface area contributed by atoms with Gasteiger partial charge >= 0.3 is 23.9 Å². The normalized spacial score (nSPS) is 39.9. The average Bonchev–Trinajstić information content (AvgIpc) is 1.63. The molecule has 4 saturated heterocycles. The fraction of sp³-hybridized carbons (Fsp3) is 0.728. The highest BCUT2D eigenvalue weighted by atomic mass is 16.7. The summed E-state index contributed by atoms with van der Waals surface area (Å²) in [4.78, 5) is 119. The molecule has 634 valence electrons. The van der Waals surface area contributed by atoms with E-state index in [0.29, 0.717) is 6.42 Å². The second-order valence-corrected chi connectivity index (χ2v) is 32.8. The lowest BCUT2D eigenvalue weighted by molar-refractivity contribution is -0.319. The Labute approximate surface area is 662 Å². The molecule has 113 heavy (non-hydrogen) atoms. The zero-order valence-electron chi connectivity index (χ0n) is 69.4. The highest BCUT2D eigenvalue weighted by Gasteiger charge is 2.57. The van der Waals surface area contributed by atoms with Gasteiger partial charge in [0.25, 0.3) is 11.7 Å². The number of hydrogen-bond acceptors (Lipinski definition) is 29. The summed E-state index contributed by atoms with van der Waals surface area (Å²) in [5.41, 5.74) is -6.82. The van der Waals surface area contributed by atoms with Crippen LogP contribution in [0.4, 0.5) is 9.59 Å². The molecule has 4 fully saturated rings. The molecule has 1 aliphatic carbocycles. The molecule has 0 saturated carbocycles. The summed E-state index contributed by atoms with van der Waals surface area (Å²) in [6.45, 7) is 27.3. The molecule has 9 rings (SSSR count). The SMILES string of the molecule is CC[C@@H]1OC(=O)[C@@H](C)[C@H](O[C@@H]2C[C@](C)(OC)[C@H](OC(=O)NCCNC(=O)O[C@H]3[C@H](C)[C@H](O)[C@H](C)[C@@H](O)[C@@H](C)/C=C/C=C(/C)C(=O)NC4=C(N5CCOCC5)C(=O)c5c(c(O)c(C)c6c5C(=O)[C@@](C)(O/C=C/[C@H](OC)[C@H]3C)O6)C4=O)[C@@H](C)O2)[C@@H](C)[C@H](O[C@H]2O[C@@H](C)CC(N(C)C)[C@@H]2O)[C@@](C)(OC)C[C@H](C)C(=O)[C@@H](C)[C@H](O)[C@@]1(C)O. The summed E-state index contributed by atoms with van der Waals surface area (Å²) in [6.07, 6.45) is -10.8. The van der Waals surface area contributed by atoms with Crippen molar-refractivity contribution in [2.24, 2.45) is 47.3 Å². The summed E-state index contributed by atoms with van der Waals surface area (Å²) in [7, 11) is 7.90. The molecule has 9 N–H and O–H groups in total. The number of phenolic OH excluding ortho intramolecular Hbond substituents is 1. The van der Waals surface area contributed by atoms with Gasteiger partial charge in [0.1, 0.15) is 58.2 Å². The third kappa shape index (κ3) is 19.3. The molecule has 32 heteroatoms. The molecule has 1 aromatic rings. The van der Waals surface area contributed by atoms with E-state index < -0.39 is 225 Å². The van der Waals surface area contributed by atoms with Crippen LogP contribution in [0.25, 0.3) is 0 Å². The van der Waals surface area contributed by atoms with Crippen LogP contribution in [0.5, 0.6) is 11.5 Å². The number of esters is 1. The number of likely N-dealkylation sites (N-methyl/N-ethyl adjacent to an activating group) is 1. The van der Waals surface area contributed by atoms with Gasteiger partial charge in [-0.05, 0) is 94.8 Å². The molecular formula is C81H123N5O27. The number of rotatable bonds is 15. The summed E-state index contributed by atoms with van der Waals surface area (Å²) < 4.78 is 81.5. The number of benzene rings is 1. The monoisotopic (exact) mass is 1600 g/mol. The maximum absolute atomic E-state index is 15.0. The number of aliphatic hydroxyl groups excluding tert-OH is 4. The molecule has 0 aromatic heterocycles. The van der Waals surface area contributed by atoms with Crippen LogP contribution in [0.3, 0.4) is 0 Å². The number of allylic oxidation sites excluding steroid dienone is 4. The number of Topliss-reactive ketones (excluding diaryl/α,β-unsaturated/α-hetero) is 4. The Balaban J connectivity index is 0.999. The molecule has 7 heterocycles. The van der Waals surface area contributed by atoms with E-state index in [0.717, 1.165) is 6.26 Å². The fourth-order valence-electron chi connectivity index (χ4n) is 17.0. The summed E-state index contributed by atoms with van der Waals surface area (Å²) >= 11 is 0. The van der Waals surface area contributed by atoms with E-state index in [1.807, 2.05) is 25.9 Å². The van der Waals surface area contributed by atoms with Gasteiger partial charge in [-0.15, -0.1) is 0 Å². The van der Waals surface area contributed by atoms with E-state index in [9.17, 15) is 64.2 Å². The lowest BCUT2D eigenvalue weighted by Crippen LogP contribution is -2.62. The molecule has 27 atom stereocenters. The number of methoxy groups -OCH3 is 3. The van der Waals surface area contributed by atoms with Gasteiger partial charge in [-0.1, -0.05) is 73.6 Å². The van der Waals surface area contributed by atoms with Gasteiger partial charge in [0.2, 0.25) is 11.6 Å². The number of ketones is 4. The van der Waals surface area contributed by atoms with E-state index in [1.54, 1.807) is 87.1 Å². The maximum Gasteiger partial charge on any atom is 0.407 e. The van der Waals surface area contributed by atoms with E-state index in [2.05, 4.69) is 16.0 Å². The van der Waals surface area contributed by atoms with Crippen molar-refractivity contribution in [1.82, 2.24) is 25.8 Å². The number of ether oxygens (including phenoxy) is 13. The first kappa shape index (κ1) is 91.5. The minimum Gasteiger partial charge on any atom is -0.507 e. The molecule has 7 aliphatic heterocycles. The minimum atomic E-state index is -2.22. The van der Waals surface area contributed by atoms with Gasteiger partial charge in [0.05, 0.1) is 96.5 Å². The lowest BCUT2D eigenvalue weighted by atomic mass is 9.74. The van der Waals surface area contributed by atoms with Crippen molar-refractivity contribution in [1.29, 1.82) is 0 Å². The number of morpholine rings is 1. The maximum atomic E-state index is 15.0. The molecule has 8 aliphatic rings. The molecule has 1 unspecified atom stereocenters. The first-order valence-corrected chi connectivity index (χ1v) is 39.2. The zero-order valence-corrected chi connectivity index (χ0v) is 69.4. The smallest absolute Gasteiger partial charge is 0.407 e. The standard InChI is InChI=1S/C81H123N5O27/c1-23-52-80(16,100)69(94)46(10)60(88)40(4)36-78(14,102-21)71(111-75-63(91)50(85(18)19)35-41(5)106-75)47(11)67(48(12)74(97)108-52)109-53-37-79(15,103-22)72(49(13)107-53)112-77(99)83-29-28-82-76(98)110-66-42(6)51(101-20)27-32-105-81(17)70(95)56-54-55(62(90)45(9)68(56)113-81)64(92)57(58(65(54)93)86-30-33-104-34-31-86)84-73(96)39(3)26-24-25-38(2)59(87)43(7)61(89)44(66)8/h24-27,32,38,40-44,46-53,59,61,63,66-67,69,71-72,75,87,89-91,94,100H,23,28-31,33-37H2,1-22H3,(H,82,98)(H,83,99)(H,84,96)/b25-24+,32-27+,39-26-/t38-,40-,41-,42+,43+,44+,46+,47+,48-,49+,50?,51-,52-,53+,59-,61+,63-,66+,67+,69-,71-,72+,75+,78-,79-,80-,81-/m0/s1. The Morgan fingerprint density at radius 2 is 1.34 bits per heavy atom. The van der Waals surface area contributed by atoms with Gasteiger partial charge < -0.3 is 118 Å². The topological polar surface area (TPSA) is 421 Å². The van der Waals surface area contributed by atoms with Crippen molar-refractivity contribution in [3.05, 3.63) is 69.8 Å². The van der Waals surface area contributed by atoms with Gasteiger partial charge in [0.15, 0.2) is 18.7 Å². The van der Waals surface area contributed by atoms with Crippen LogP contribution < -0.4 is 20.7 Å². The number of carbonyl (C=O) groups excluding carboxylic acids is 8. The third-order valence-electron chi connectivity index (χ3n) is 24.3. The van der Waals surface area contributed by atoms with Crippen molar-refractivity contribution in [2.45, 2.75) is 258 Å². The van der Waals surface area contributed by atoms with Crippen LogP contribution in [0.2, 0.25) is 0 Å². The van der Waals surface area contributed by atoms with Gasteiger partial charge in [-0.2, -0.15) is 0 Å². The highest BCUT2D eigenvalue weighted by Crippen LogP contribution is 2.50. The number of cyclic esters (lactones) is 1. The molecule has 5 bridgehead atoms. The van der Waals surface area contributed by atoms with Crippen molar-refractivity contribution >= 4 is 47.2 Å². The number of nitrogens with one attached hydrogen (secondary N) is 3. The van der Waals surface area contributed by atoms with Crippen LogP contribution in [0.1, 0.15) is 173 Å². The Bertz CT molecular complexity index is 3740. The van der Waals surface area contributed by atoms with Crippen molar-refractivity contribution in [3.63, 3.8) is 0 Å². The zero-order chi connectivity index (χ0) is 84.2. The van der Waals surface area contributed by atoms with Crippen LogP contribution in [-0.2, 0) is 71.2 Å². The highest BCUT2D eigenvalue weighted by molar-refractivity contribution is 6.32. The molecule has 32 nitrogen and oxygen atoms in total. The van der Waals surface area contributed by atoms with E-state index in [-0.39, 0.29) is 92.9 Å². The molecule has 0 spiro atoms. The first-order chi connectivity index (χ1) is 52.9. The second-order valence-electron chi connectivity index (χ2n) is 32.8. The lowest BCUT2D eigenvalue weighted by Gasteiger charge is -2.50. The number of nitrogens with zero attached hydrogens (tertiary/aromatic N) is 2. The van der Waals surface area contributed by atoms with Crippen LogP contribution in [0, 0.1) is 54.3 Å². The van der Waals surface area contributed by atoms with Gasteiger partial charge in [0, 0.05) is 119 Å². The summed E-state index contributed by atoms with van der Waals surface area (Å²) in [6, 6.07) is -0.399. The van der Waals surface area contributed by atoms with Crippen LogP contribution >= 0.6 is 0 Å². The fourth-order valence-corrected chi connectivity index (χ4v) is 17.0. The van der Waals surface area contributed by atoms with Gasteiger partial charge in [-0.3, -0.25) is 28.8 Å². The largest absolute Gasteiger partial charge is 0.507 e. The molecule has 1 aromatic carbocycles. The Morgan fingerprint density at radius 1 is 0.717 bits per heavy atom. The number of alkyl carbamates (subject to hydrolysis) is 2. The van der Waals surface area contributed by atoms with E-state index in [1.165, 1.54) is 74.2 Å². The average molecular weight is 1600 g/mol. The van der Waals surface area contributed by atoms with E-state index >= 15 is 4.79 Å². The van der Waals surface area contributed by atoms with Crippen molar-refractivity contribution < 1.29 is 131 Å². The van der Waals surface area contributed by atoms with Crippen molar-refractivity contribution in [2.75, 3.05) is 74.8 Å². The molecule has 3 amide bonds. The number of aliphatic hydroxyl groups is 5. The molecular weight excluding hydrogens is 1470 g/mol. The number of fused-ring (bicyclic) bond motifs is 14. The van der Waals surface area contributed by atoms with Crippen molar-refractivity contribution in [3.8, 4) is 11.5 Å². The number of phenols is 1. The molecule has 0 radical (unpaired) electrons. The Kier molecular flexibility index (Phi) is 30.4. The number of amides is 3. The van der Waals surface area contributed by atoms with Crippen LogP contribution in [0.15, 0.2) is 47.5 Å². The Morgan fingerprint density at radius 3 is 1.94 bits per heavy atom. The number of aromatic hydroxyl groups is 1. The summed E-state index contributed by atoms with van der Waals surface area (Å²) in [5, 5.41) is 79.3. The Hall–Kier alpha value is -7.02. The number of carbonyl (C=O) groups is 8. The summed E-state index contributed by atoms with van der Waals surface area (Å²) in [5.74, 6) is -15.2. The predicted octanol–water partition coefficient (Wildman–Crippen LogP) is 5.64. The number of hydrogen-bond donors (Lipinski definition) is 9. The van der Waals surface area contributed by atoms with Crippen LogP contribution in [-0.4, -0.2) is 277 Å². The van der Waals surface area contributed by atoms with E-state index in [4.69, 9.17) is 61.6 Å². The predicted molar refractivity (Wildman–Crippen MR) is 407 cm³/mol. The minimum absolute atomic E-state index is 0.00769. The quantitative estimate of drug-likeness (QED) is 0.0582.